The lowest BCUT2D eigenvalue weighted by molar-refractivity contribution is 0.0942. The second kappa shape index (κ2) is 6.41. The van der Waals surface area contributed by atoms with Crippen molar-refractivity contribution in [1.82, 2.24) is 0 Å². The summed E-state index contributed by atoms with van der Waals surface area (Å²) in [7, 11) is 0. The van der Waals surface area contributed by atoms with E-state index in [0.29, 0.717) is 0 Å². The number of hydrogen-bond acceptors (Lipinski definition) is 2. The Kier molecular flexibility index (Phi) is 4.59. The van der Waals surface area contributed by atoms with Crippen LogP contribution in [0.3, 0.4) is 0 Å². The molecule has 0 aromatic heterocycles. The Labute approximate surface area is 112 Å². The summed E-state index contributed by atoms with van der Waals surface area (Å²) in [6.45, 7) is 1.99. The molecule has 0 aliphatic carbocycles. The number of carbonyl (C=O) groups is 1. The lowest BCUT2D eigenvalue weighted by atomic mass is 10.0. The number of ketones is 1. The summed E-state index contributed by atoms with van der Waals surface area (Å²) in [6.07, 6.45) is 0. The molecule has 1 unspecified atom stereocenters. The van der Waals surface area contributed by atoms with Crippen LogP contribution in [-0.4, -0.2) is 11.5 Å². The van der Waals surface area contributed by atoms with Gasteiger partial charge in [-0.25, -0.2) is 0 Å². The predicted octanol–water partition coefficient (Wildman–Crippen LogP) is 4.30. The molecule has 1 nitrogen and oxygen atoms in total. The Morgan fingerprint density at radius 1 is 1.00 bits per heavy atom. The van der Waals surface area contributed by atoms with Gasteiger partial charge in [0.25, 0.3) is 0 Å². The maximum atomic E-state index is 12.2. The van der Waals surface area contributed by atoms with E-state index in [9.17, 15) is 4.79 Å². The van der Waals surface area contributed by atoms with E-state index < -0.39 is 0 Å². The molecule has 18 heavy (non-hydrogen) atoms. The Hall–Kier alpha value is -1.54. The molecule has 0 N–H and O–H groups in total. The van der Waals surface area contributed by atoms with E-state index in [-0.39, 0.29) is 11.7 Å². The van der Waals surface area contributed by atoms with Crippen LogP contribution in [0, 0.1) is 5.92 Å². The van der Waals surface area contributed by atoms with Crippen molar-refractivity contribution in [3.63, 3.8) is 0 Å². The smallest absolute Gasteiger partial charge is 0.166 e. The van der Waals surface area contributed by atoms with Crippen LogP contribution in [0.5, 0.6) is 0 Å². The maximum Gasteiger partial charge on any atom is 0.166 e. The highest BCUT2D eigenvalue weighted by molar-refractivity contribution is 7.99. The number of rotatable bonds is 5. The van der Waals surface area contributed by atoms with Crippen molar-refractivity contribution in [1.29, 1.82) is 0 Å². The molecule has 92 valence electrons. The third kappa shape index (κ3) is 3.47. The van der Waals surface area contributed by atoms with E-state index in [1.54, 1.807) is 11.8 Å². The maximum absolute atomic E-state index is 12.2. The van der Waals surface area contributed by atoms with Crippen molar-refractivity contribution >= 4 is 17.5 Å². The first kappa shape index (κ1) is 12.9. The highest BCUT2D eigenvalue weighted by atomic mass is 32.2. The van der Waals surface area contributed by atoms with Gasteiger partial charge < -0.3 is 0 Å². The van der Waals surface area contributed by atoms with Gasteiger partial charge in [-0.3, -0.25) is 4.79 Å². The number of benzene rings is 2. The molecule has 0 bridgehead atoms. The van der Waals surface area contributed by atoms with Gasteiger partial charge in [0.1, 0.15) is 0 Å². The second-order valence-corrected chi connectivity index (χ2v) is 5.35. The first-order valence-electron chi connectivity index (χ1n) is 6.04. The summed E-state index contributed by atoms with van der Waals surface area (Å²) in [5.41, 5.74) is 0.804. The van der Waals surface area contributed by atoms with Gasteiger partial charge in [0.05, 0.1) is 0 Å². The van der Waals surface area contributed by atoms with Gasteiger partial charge in [0.2, 0.25) is 0 Å². The van der Waals surface area contributed by atoms with Crippen molar-refractivity contribution in [2.24, 2.45) is 5.92 Å². The highest BCUT2D eigenvalue weighted by Gasteiger charge is 2.14. The molecule has 0 aliphatic heterocycles. The van der Waals surface area contributed by atoms with Crippen molar-refractivity contribution in [3.8, 4) is 0 Å². The summed E-state index contributed by atoms with van der Waals surface area (Å²) in [6, 6.07) is 19.7. The Morgan fingerprint density at radius 2 is 1.56 bits per heavy atom. The van der Waals surface area contributed by atoms with Crippen LogP contribution >= 0.6 is 11.8 Å². The minimum atomic E-state index is 0.0395. The lowest BCUT2D eigenvalue weighted by Gasteiger charge is -2.10. The molecule has 2 rings (SSSR count). The van der Waals surface area contributed by atoms with Crippen molar-refractivity contribution in [2.75, 3.05) is 5.75 Å². The normalized spacial score (nSPS) is 12.1. The largest absolute Gasteiger partial charge is 0.294 e. The first-order chi connectivity index (χ1) is 8.77. The summed E-state index contributed by atoms with van der Waals surface area (Å²) < 4.78 is 0. The molecule has 0 radical (unpaired) electrons. The van der Waals surface area contributed by atoms with Gasteiger partial charge in [-0.05, 0) is 12.1 Å². The molecule has 0 amide bonds. The molecule has 0 aliphatic rings. The standard InChI is InChI=1S/C16H16OS/c1-13(12-18-15-10-6-3-7-11-15)16(17)14-8-4-2-5-9-14/h2-11,13H,12H2,1H3. The molecule has 0 saturated carbocycles. The fourth-order valence-corrected chi connectivity index (χ4v) is 2.64. The topological polar surface area (TPSA) is 17.1 Å². The average Bonchev–Trinajstić information content (AvgIpc) is 2.46. The van der Waals surface area contributed by atoms with Gasteiger partial charge in [0, 0.05) is 22.1 Å². The zero-order valence-corrected chi connectivity index (χ0v) is 11.2. The zero-order chi connectivity index (χ0) is 12.8. The summed E-state index contributed by atoms with van der Waals surface area (Å²) in [5, 5.41) is 0. The number of carbonyl (C=O) groups excluding carboxylic acids is 1. The monoisotopic (exact) mass is 256 g/mol. The minimum absolute atomic E-state index is 0.0395. The number of Topliss-reactive ketones (excluding diaryl/α,β-unsaturated/α-hetero) is 1. The van der Waals surface area contributed by atoms with Gasteiger partial charge in [-0.15, -0.1) is 11.8 Å². The fraction of sp³-hybridized carbons (Fsp3) is 0.188. The quantitative estimate of drug-likeness (QED) is 0.586. The first-order valence-corrected chi connectivity index (χ1v) is 7.03. The molecule has 2 aromatic carbocycles. The van der Waals surface area contributed by atoms with E-state index in [1.165, 1.54) is 4.90 Å². The van der Waals surface area contributed by atoms with E-state index in [0.717, 1.165) is 11.3 Å². The molecular formula is C16H16OS. The van der Waals surface area contributed by atoms with Crippen LogP contribution in [-0.2, 0) is 0 Å². The molecule has 1 atom stereocenters. The number of hydrogen-bond donors (Lipinski definition) is 0. The Balaban J connectivity index is 1.93. The molecular weight excluding hydrogens is 240 g/mol. The molecule has 0 spiro atoms. The molecule has 0 heterocycles. The van der Waals surface area contributed by atoms with Gasteiger partial charge >= 0.3 is 0 Å². The van der Waals surface area contributed by atoms with Crippen LogP contribution < -0.4 is 0 Å². The highest BCUT2D eigenvalue weighted by Crippen LogP contribution is 2.21. The van der Waals surface area contributed by atoms with Crippen molar-refractivity contribution in [3.05, 3.63) is 66.2 Å². The second-order valence-electron chi connectivity index (χ2n) is 4.26. The third-order valence-corrected chi connectivity index (χ3v) is 4.02. The Bertz CT molecular complexity index is 493. The van der Waals surface area contributed by atoms with Crippen molar-refractivity contribution in [2.45, 2.75) is 11.8 Å². The third-order valence-electron chi connectivity index (χ3n) is 2.75. The van der Waals surface area contributed by atoms with Gasteiger partial charge in [0.15, 0.2) is 5.78 Å². The van der Waals surface area contributed by atoms with Crippen LogP contribution in [0.15, 0.2) is 65.6 Å². The summed E-state index contributed by atoms with van der Waals surface area (Å²) in [5.74, 6) is 1.08. The van der Waals surface area contributed by atoms with Crippen LogP contribution in [0.2, 0.25) is 0 Å². The summed E-state index contributed by atoms with van der Waals surface area (Å²) in [4.78, 5) is 13.4. The van der Waals surface area contributed by atoms with Crippen LogP contribution in [0.4, 0.5) is 0 Å². The van der Waals surface area contributed by atoms with E-state index in [1.807, 2.05) is 55.5 Å². The summed E-state index contributed by atoms with van der Waals surface area (Å²) >= 11 is 1.73. The molecule has 2 aromatic rings. The van der Waals surface area contributed by atoms with E-state index in [2.05, 4.69) is 12.1 Å². The van der Waals surface area contributed by atoms with E-state index >= 15 is 0 Å². The van der Waals surface area contributed by atoms with Gasteiger partial charge in [-0.2, -0.15) is 0 Å². The van der Waals surface area contributed by atoms with Crippen LogP contribution in [0.25, 0.3) is 0 Å². The molecule has 2 heteroatoms. The molecule has 0 fully saturated rings. The zero-order valence-electron chi connectivity index (χ0n) is 10.4. The average molecular weight is 256 g/mol. The molecule has 0 saturated heterocycles. The van der Waals surface area contributed by atoms with Crippen LogP contribution in [0.1, 0.15) is 17.3 Å². The lowest BCUT2D eigenvalue weighted by Crippen LogP contribution is -2.13. The fourth-order valence-electron chi connectivity index (χ4n) is 1.70. The van der Waals surface area contributed by atoms with E-state index in [4.69, 9.17) is 0 Å². The van der Waals surface area contributed by atoms with Gasteiger partial charge in [-0.1, -0.05) is 55.5 Å². The minimum Gasteiger partial charge on any atom is -0.294 e. The van der Waals surface area contributed by atoms with Crippen molar-refractivity contribution < 1.29 is 4.79 Å². The number of thioether (sulfide) groups is 1. The Morgan fingerprint density at radius 3 is 2.17 bits per heavy atom. The SMILES string of the molecule is CC(CSc1ccccc1)C(=O)c1ccccc1. The predicted molar refractivity (Wildman–Crippen MR) is 77.1 cm³/mol.